The summed E-state index contributed by atoms with van der Waals surface area (Å²) in [6.07, 6.45) is 1.84. The Kier molecular flexibility index (Phi) is 8.35. The number of anilines is 1. The molecule has 0 aliphatic rings. The van der Waals surface area contributed by atoms with Crippen LogP contribution in [0.25, 0.3) is 0 Å². The largest absolute Gasteiger partial charge is 0.369 e. The van der Waals surface area contributed by atoms with Crippen LogP contribution >= 0.6 is 7.60 Å². The van der Waals surface area contributed by atoms with Crippen LogP contribution in [0, 0.1) is 0 Å². The molecule has 1 rings (SSSR count). The lowest BCUT2D eigenvalue weighted by Gasteiger charge is -2.24. The Morgan fingerprint density at radius 2 is 1.96 bits per heavy atom. The first-order valence-corrected chi connectivity index (χ1v) is 9.46. The van der Waals surface area contributed by atoms with Gasteiger partial charge in [0.1, 0.15) is 12.2 Å². The predicted octanol–water partition coefficient (Wildman–Crippen LogP) is 2.75. The maximum atomic E-state index is 12.7. The van der Waals surface area contributed by atoms with Crippen molar-refractivity contribution in [2.45, 2.75) is 46.0 Å². The van der Waals surface area contributed by atoms with Crippen molar-refractivity contribution in [3.63, 3.8) is 0 Å². The van der Waals surface area contributed by atoms with Crippen molar-refractivity contribution in [2.24, 2.45) is 0 Å². The molecule has 9 heteroatoms. The van der Waals surface area contributed by atoms with Crippen molar-refractivity contribution >= 4 is 13.4 Å². The van der Waals surface area contributed by atoms with Crippen molar-refractivity contribution in [3.8, 4) is 0 Å². The summed E-state index contributed by atoms with van der Waals surface area (Å²) in [4.78, 5) is 17.2. The lowest BCUT2D eigenvalue weighted by atomic mass is 10.3. The first kappa shape index (κ1) is 20.6. The van der Waals surface area contributed by atoms with Crippen LogP contribution in [0.2, 0.25) is 0 Å². The first-order chi connectivity index (χ1) is 11.2. The molecule has 0 aliphatic carbocycles. The molecule has 0 aromatic carbocycles. The molecule has 1 aromatic rings. The predicted molar refractivity (Wildman–Crippen MR) is 93.3 cm³/mol. The quantitative estimate of drug-likeness (QED) is 0.462. The molecule has 136 valence electrons. The lowest BCUT2D eigenvalue weighted by Crippen LogP contribution is -2.24. The van der Waals surface area contributed by atoms with Gasteiger partial charge in [0, 0.05) is 12.7 Å². The fourth-order valence-corrected chi connectivity index (χ4v) is 3.64. The SMILES string of the molecule is C=CC(CNc1ccnc(=O)[nH]1)OCP(=O)(OC(C)C)OC(C)C. The van der Waals surface area contributed by atoms with Crippen LogP contribution in [0.4, 0.5) is 5.82 Å². The van der Waals surface area contributed by atoms with Crippen LogP contribution in [0.5, 0.6) is 0 Å². The van der Waals surface area contributed by atoms with E-state index in [2.05, 4.69) is 21.9 Å². The van der Waals surface area contributed by atoms with Gasteiger partial charge >= 0.3 is 13.3 Å². The molecule has 0 radical (unpaired) electrons. The summed E-state index contributed by atoms with van der Waals surface area (Å²) in [5, 5.41) is 2.99. The first-order valence-electron chi connectivity index (χ1n) is 7.73. The van der Waals surface area contributed by atoms with Gasteiger partial charge in [0.05, 0.1) is 18.3 Å². The number of aromatic amines is 1. The van der Waals surface area contributed by atoms with Crippen molar-refractivity contribution in [3.05, 3.63) is 35.4 Å². The number of aromatic nitrogens is 2. The summed E-state index contributed by atoms with van der Waals surface area (Å²) in [6, 6.07) is 1.62. The van der Waals surface area contributed by atoms with Gasteiger partial charge in [-0.25, -0.2) is 9.78 Å². The number of hydrogen-bond donors (Lipinski definition) is 2. The van der Waals surface area contributed by atoms with E-state index in [1.54, 1.807) is 39.8 Å². The Morgan fingerprint density at radius 3 is 2.46 bits per heavy atom. The summed E-state index contributed by atoms with van der Waals surface area (Å²) in [7, 11) is -3.37. The minimum Gasteiger partial charge on any atom is -0.369 e. The van der Waals surface area contributed by atoms with Crippen LogP contribution in [-0.2, 0) is 18.3 Å². The second kappa shape index (κ2) is 9.74. The molecule has 0 spiro atoms. The lowest BCUT2D eigenvalue weighted by molar-refractivity contribution is 0.0800. The number of ether oxygens (including phenoxy) is 1. The molecule has 1 atom stereocenters. The van der Waals surface area contributed by atoms with Gasteiger partial charge < -0.3 is 19.1 Å². The van der Waals surface area contributed by atoms with E-state index in [1.807, 2.05) is 0 Å². The van der Waals surface area contributed by atoms with Gasteiger partial charge in [-0.1, -0.05) is 6.08 Å². The zero-order valence-electron chi connectivity index (χ0n) is 14.5. The Hall–Kier alpha value is -1.47. The van der Waals surface area contributed by atoms with E-state index in [0.717, 1.165) is 0 Å². The second-order valence-corrected chi connectivity index (χ2v) is 7.56. The topological polar surface area (TPSA) is 103 Å². The van der Waals surface area contributed by atoms with E-state index in [4.69, 9.17) is 13.8 Å². The van der Waals surface area contributed by atoms with E-state index in [9.17, 15) is 9.36 Å². The van der Waals surface area contributed by atoms with Crippen LogP contribution < -0.4 is 11.0 Å². The summed E-state index contributed by atoms with van der Waals surface area (Å²) in [5.74, 6) is 0.505. The highest BCUT2D eigenvalue weighted by atomic mass is 31.2. The fourth-order valence-electron chi connectivity index (χ4n) is 1.81. The maximum Gasteiger partial charge on any atom is 0.356 e. The third kappa shape index (κ3) is 7.88. The van der Waals surface area contributed by atoms with E-state index in [0.29, 0.717) is 12.4 Å². The van der Waals surface area contributed by atoms with Gasteiger partial charge in [-0.15, -0.1) is 6.58 Å². The summed E-state index contributed by atoms with van der Waals surface area (Å²) < 4.78 is 29.1. The molecule has 0 fully saturated rings. The molecular formula is C15H26N3O5P. The van der Waals surface area contributed by atoms with Crippen molar-refractivity contribution in [2.75, 3.05) is 18.2 Å². The van der Waals surface area contributed by atoms with Crippen molar-refractivity contribution in [1.82, 2.24) is 9.97 Å². The standard InChI is InChI=1S/C15H26N3O5P/c1-6-13(9-17-14-7-8-16-15(19)18-14)21-10-24(20,22-11(2)3)23-12(4)5/h6-8,11-13H,1,9-10H2,2-5H3,(H2,16,17,18,19). The Bertz CT molecular complexity index is 603. The highest BCUT2D eigenvalue weighted by Gasteiger charge is 2.29. The van der Waals surface area contributed by atoms with Crippen molar-refractivity contribution in [1.29, 1.82) is 0 Å². The number of nitrogens with zero attached hydrogens (tertiary/aromatic N) is 1. The Morgan fingerprint density at radius 1 is 1.33 bits per heavy atom. The minimum absolute atomic E-state index is 0.186. The molecule has 8 nitrogen and oxygen atoms in total. The number of nitrogens with one attached hydrogen (secondary N) is 2. The van der Waals surface area contributed by atoms with Gasteiger partial charge in [0.2, 0.25) is 0 Å². The summed E-state index contributed by atoms with van der Waals surface area (Å²) in [5.41, 5.74) is -0.448. The number of rotatable bonds is 11. The van der Waals surface area contributed by atoms with Gasteiger partial charge in [0.15, 0.2) is 0 Å². The molecule has 1 aromatic heterocycles. The molecular weight excluding hydrogens is 333 g/mol. The van der Waals surface area contributed by atoms with E-state index < -0.39 is 19.4 Å². The van der Waals surface area contributed by atoms with Crippen LogP contribution in [-0.4, -0.2) is 41.2 Å². The maximum absolute atomic E-state index is 12.7. The highest BCUT2D eigenvalue weighted by molar-refractivity contribution is 7.53. The molecule has 0 saturated heterocycles. The third-order valence-electron chi connectivity index (χ3n) is 2.62. The average molecular weight is 359 g/mol. The zero-order chi connectivity index (χ0) is 18.2. The molecule has 1 heterocycles. The van der Waals surface area contributed by atoms with E-state index >= 15 is 0 Å². The minimum atomic E-state index is -3.37. The third-order valence-corrected chi connectivity index (χ3v) is 4.57. The molecule has 0 amide bonds. The molecule has 24 heavy (non-hydrogen) atoms. The van der Waals surface area contributed by atoms with Crippen LogP contribution in [0.15, 0.2) is 29.7 Å². The normalized spacial score (nSPS) is 13.2. The average Bonchev–Trinajstić information content (AvgIpc) is 2.45. The van der Waals surface area contributed by atoms with Gasteiger partial charge in [0.25, 0.3) is 0 Å². The number of H-pyrrole nitrogens is 1. The van der Waals surface area contributed by atoms with E-state index in [-0.39, 0.29) is 18.6 Å². The van der Waals surface area contributed by atoms with Gasteiger partial charge in [-0.05, 0) is 33.8 Å². The highest BCUT2D eigenvalue weighted by Crippen LogP contribution is 2.50. The molecule has 2 N–H and O–H groups in total. The summed E-state index contributed by atoms with van der Waals surface area (Å²) >= 11 is 0. The van der Waals surface area contributed by atoms with Gasteiger partial charge in [-0.2, -0.15) is 0 Å². The zero-order valence-corrected chi connectivity index (χ0v) is 15.4. The second-order valence-electron chi connectivity index (χ2n) is 5.66. The van der Waals surface area contributed by atoms with Crippen LogP contribution in [0.3, 0.4) is 0 Å². The monoisotopic (exact) mass is 359 g/mol. The smallest absolute Gasteiger partial charge is 0.356 e. The molecule has 0 aliphatic heterocycles. The van der Waals surface area contributed by atoms with Crippen LogP contribution in [0.1, 0.15) is 27.7 Å². The Labute approximate surface area is 142 Å². The van der Waals surface area contributed by atoms with Gasteiger partial charge in [-0.3, -0.25) is 9.55 Å². The van der Waals surface area contributed by atoms with E-state index in [1.165, 1.54) is 6.20 Å². The molecule has 0 saturated carbocycles. The fraction of sp³-hybridized carbons (Fsp3) is 0.600. The van der Waals surface area contributed by atoms with Crippen molar-refractivity contribution < 1.29 is 18.3 Å². The molecule has 1 unspecified atom stereocenters. The molecule has 0 bridgehead atoms. The Balaban J connectivity index is 2.60. The number of hydrogen-bond acceptors (Lipinski definition) is 7. The summed E-state index contributed by atoms with van der Waals surface area (Å²) in [6.45, 7) is 11.1.